The van der Waals surface area contributed by atoms with Gasteiger partial charge < -0.3 is 9.64 Å². The van der Waals surface area contributed by atoms with Crippen LogP contribution in [-0.4, -0.2) is 56.9 Å². The average Bonchev–Trinajstić information content (AvgIpc) is 3.33. The number of amides is 1. The molecule has 1 aliphatic rings. The molecule has 0 fully saturated rings. The molecule has 0 saturated heterocycles. The number of fused-ring (bicyclic) bond motifs is 1. The van der Waals surface area contributed by atoms with Crippen LogP contribution in [0.2, 0.25) is 10.0 Å². The molecule has 0 aliphatic carbocycles. The SMILES string of the molecule is COCCCN(CC(=O)N1CCc2sccc2C1c1ccc(Cl)cc1Cl)S(=O)(=O)c1ccccc1. The Kier molecular flexibility index (Phi) is 8.52. The number of hydrogen-bond donors (Lipinski definition) is 0. The first-order valence-electron chi connectivity index (χ1n) is 11.2. The molecule has 0 bridgehead atoms. The Morgan fingerprint density at radius 3 is 2.63 bits per heavy atom. The van der Waals surface area contributed by atoms with E-state index in [0.29, 0.717) is 36.0 Å². The third-order valence-corrected chi connectivity index (χ3v) is 9.41. The number of thiophene rings is 1. The predicted molar refractivity (Wildman–Crippen MR) is 140 cm³/mol. The van der Waals surface area contributed by atoms with E-state index in [4.69, 9.17) is 27.9 Å². The summed E-state index contributed by atoms with van der Waals surface area (Å²) >= 11 is 14.3. The van der Waals surface area contributed by atoms with E-state index in [1.165, 1.54) is 21.3 Å². The molecule has 1 atom stereocenters. The molecule has 1 unspecified atom stereocenters. The third-order valence-electron chi connectivity index (χ3n) is 5.99. The first-order chi connectivity index (χ1) is 16.8. The molecule has 4 rings (SSSR count). The maximum atomic E-state index is 13.7. The molecule has 186 valence electrons. The number of methoxy groups -OCH3 is 1. The van der Waals surface area contributed by atoms with Gasteiger partial charge in [0.25, 0.3) is 0 Å². The summed E-state index contributed by atoms with van der Waals surface area (Å²) in [5, 5.41) is 2.98. The zero-order valence-corrected chi connectivity index (χ0v) is 22.3. The van der Waals surface area contributed by atoms with E-state index in [1.807, 2.05) is 17.5 Å². The van der Waals surface area contributed by atoms with Gasteiger partial charge in [-0.25, -0.2) is 8.42 Å². The maximum Gasteiger partial charge on any atom is 0.243 e. The number of ether oxygens (including phenoxy) is 1. The van der Waals surface area contributed by atoms with E-state index >= 15 is 0 Å². The molecule has 2 aromatic carbocycles. The second kappa shape index (κ2) is 11.4. The van der Waals surface area contributed by atoms with Gasteiger partial charge in [-0.2, -0.15) is 4.31 Å². The van der Waals surface area contributed by atoms with E-state index in [1.54, 1.807) is 53.7 Å². The highest BCUT2D eigenvalue weighted by Gasteiger charge is 2.36. The van der Waals surface area contributed by atoms with Crippen LogP contribution in [0.1, 0.15) is 28.5 Å². The van der Waals surface area contributed by atoms with Crippen molar-refractivity contribution in [2.75, 3.05) is 33.4 Å². The molecule has 6 nitrogen and oxygen atoms in total. The number of rotatable bonds is 9. The van der Waals surface area contributed by atoms with Crippen molar-refractivity contribution in [3.8, 4) is 0 Å². The van der Waals surface area contributed by atoms with Gasteiger partial charge >= 0.3 is 0 Å². The van der Waals surface area contributed by atoms with E-state index in [0.717, 1.165) is 11.1 Å². The van der Waals surface area contributed by atoms with Crippen molar-refractivity contribution in [3.63, 3.8) is 0 Å². The van der Waals surface area contributed by atoms with Crippen molar-refractivity contribution >= 4 is 50.5 Å². The number of nitrogens with zero attached hydrogens (tertiary/aromatic N) is 2. The molecule has 0 saturated carbocycles. The van der Waals surface area contributed by atoms with Gasteiger partial charge in [-0.1, -0.05) is 47.5 Å². The molecular formula is C25H26Cl2N2O4S2. The lowest BCUT2D eigenvalue weighted by Gasteiger charge is -2.37. The number of benzene rings is 2. The minimum Gasteiger partial charge on any atom is -0.385 e. The first kappa shape index (κ1) is 26.1. The number of carbonyl (C=O) groups is 1. The molecule has 1 aromatic heterocycles. The van der Waals surface area contributed by atoms with Crippen LogP contribution < -0.4 is 0 Å². The lowest BCUT2D eigenvalue weighted by molar-refractivity contribution is -0.133. The topological polar surface area (TPSA) is 66.9 Å². The van der Waals surface area contributed by atoms with Crippen LogP contribution in [0, 0.1) is 0 Å². The minimum atomic E-state index is -3.87. The summed E-state index contributed by atoms with van der Waals surface area (Å²) in [5.74, 6) is -0.283. The van der Waals surface area contributed by atoms with Crippen molar-refractivity contribution in [2.24, 2.45) is 0 Å². The fraction of sp³-hybridized carbons (Fsp3) is 0.320. The summed E-state index contributed by atoms with van der Waals surface area (Å²) in [6.45, 7) is 0.746. The van der Waals surface area contributed by atoms with Gasteiger partial charge in [0.05, 0.1) is 17.5 Å². The van der Waals surface area contributed by atoms with Gasteiger partial charge in [0.15, 0.2) is 0 Å². The standard InChI is InChI=1S/C25H26Cl2N2O4S2/c1-33-14-5-12-28(35(31,32)19-6-3-2-4-7-19)17-24(30)29-13-10-23-21(11-15-34-23)25(29)20-9-8-18(26)16-22(20)27/h2-4,6-9,11,15-16,25H,5,10,12-14,17H2,1H3. The van der Waals surface area contributed by atoms with Crippen LogP contribution in [0.5, 0.6) is 0 Å². The lowest BCUT2D eigenvalue weighted by atomic mass is 9.93. The molecule has 1 amide bonds. The smallest absolute Gasteiger partial charge is 0.243 e. The van der Waals surface area contributed by atoms with Crippen molar-refractivity contribution in [2.45, 2.75) is 23.8 Å². The van der Waals surface area contributed by atoms with Crippen molar-refractivity contribution in [1.29, 1.82) is 0 Å². The zero-order valence-electron chi connectivity index (χ0n) is 19.2. The Labute approximate surface area is 220 Å². The summed E-state index contributed by atoms with van der Waals surface area (Å²) in [5.41, 5.74) is 1.77. The van der Waals surface area contributed by atoms with Gasteiger partial charge in [0.1, 0.15) is 0 Å². The highest BCUT2D eigenvalue weighted by atomic mass is 35.5. The molecule has 0 spiro atoms. The second-order valence-corrected chi connectivity index (χ2v) is 12.0. The molecule has 2 heterocycles. The van der Waals surface area contributed by atoms with Crippen LogP contribution in [0.4, 0.5) is 0 Å². The van der Waals surface area contributed by atoms with Crippen LogP contribution in [0.3, 0.4) is 0 Å². The van der Waals surface area contributed by atoms with E-state index in [-0.39, 0.29) is 23.9 Å². The molecule has 35 heavy (non-hydrogen) atoms. The van der Waals surface area contributed by atoms with Crippen molar-refractivity contribution < 1.29 is 17.9 Å². The molecule has 3 aromatic rings. The summed E-state index contributed by atoms with van der Waals surface area (Å²) in [4.78, 5) is 16.8. The highest BCUT2D eigenvalue weighted by Crippen LogP contribution is 2.41. The average molecular weight is 554 g/mol. The molecule has 0 N–H and O–H groups in total. The number of halogens is 2. The fourth-order valence-corrected chi connectivity index (χ4v) is 7.16. The number of hydrogen-bond acceptors (Lipinski definition) is 5. The van der Waals surface area contributed by atoms with Gasteiger partial charge in [0, 0.05) is 41.7 Å². The largest absolute Gasteiger partial charge is 0.385 e. The van der Waals surface area contributed by atoms with Crippen LogP contribution >= 0.6 is 34.5 Å². The quantitative estimate of drug-likeness (QED) is 0.340. The van der Waals surface area contributed by atoms with Gasteiger partial charge in [0.2, 0.25) is 15.9 Å². The van der Waals surface area contributed by atoms with E-state index in [2.05, 4.69) is 0 Å². The maximum absolute atomic E-state index is 13.7. The predicted octanol–water partition coefficient (Wildman–Crippen LogP) is 5.26. The second-order valence-electron chi connectivity index (χ2n) is 8.20. The molecule has 10 heteroatoms. The summed E-state index contributed by atoms with van der Waals surface area (Å²) in [7, 11) is -2.31. The van der Waals surface area contributed by atoms with Gasteiger partial charge in [-0.15, -0.1) is 11.3 Å². The Morgan fingerprint density at radius 2 is 1.91 bits per heavy atom. The lowest BCUT2D eigenvalue weighted by Crippen LogP contribution is -2.47. The normalized spacial score (nSPS) is 15.9. The van der Waals surface area contributed by atoms with Crippen molar-refractivity contribution in [1.82, 2.24) is 9.21 Å². The Morgan fingerprint density at radius 1 is 1.14 bits per heavy atom. The van der Waals surface area contributed by atoms with Crippen LogP contribution in [0.25, 0.3) is 0 Å². The number of sulfonamides is 1. The van der Waals surface area contributed by atoms with E-state index < -0.39 is 16.1 Å². The van der Waals surface area contributed by atoms with Crippen LogP contribution in [0.15, 0.2) is 64.9 Å². The Hall–Kier alpha value is -1.94. The Balaban J connectivity index is 1.67. The minimum absolute atomic E-state index is 0.154. The summed E-state index contributed by atoms with van der Waals surface area (Å²) in [6.07, 6.45) is 1.17. The van der Waals surface area contributed by atoms with Gasteiger partial charge in [-0.05, 0) is 59.7 Å². The van der Waals surface area contributed by atoms with Crippen molar-refractivity contribution in [3.05, 3.63) is 86.0 Å². The molecule has 0 radical (unpaired) electrons. The zero-order chi connectivity index (χ0) is 25.0. The number of carbonyl (C=O) groups excluding carboxylic acids is 1. The van der Waals surface area contributed by atoms with E-state index in [9.17, 15) is 13.2 Å². The fourth-order valence-electron chi connectivity index (χ4n) is 4.30. The Bertz CT molecular complexity index is 1280. The molecule has 1 aliphatic heterocycles. The summed E-state index contributed by atoms with van der Waals surface area (Å²) < 4.78 is 33.2. The third kappa shape index (κ3) is 5.74. The molecular weight excluding hydrogens is 527 g/mol. The van der Waals surface area contributed by atoms with Crippen LogP contribution in [-0.2, 0) is 26.0 Å². The highest BCUT2D eigenvalue weighted by molar-refractivity contribution is 7.89. The first-order valence-corrected chi connectivity index (χ1v) is 14.3. The monoisotopic (exact) mass is 552 g/mol. The van der Waals surface area contributed by atoms with Gasteiger partial charge in [-0.3, -0.25) is 4.79 Å². The summed E-state index contributed by atoms with van der Waals surface area (Å²) in [6, 6.07) is 15.0.